The number of fused-ring (bicyclic) bond motifs is 1. The summed E-state index contributed by atoms with van der Waals surface area (Å²) in [5, 5.41) is 19.0. The van der Waals surface area contributed by atoms with Gasteiger partial charge in [-0.1, -0.05) is 24.3 Å². The quantitative estimate of drug-likeness (QED) is 0.176. The molecule has 0 spiro atoms. The number of carbonyl (C=O) groups excluding carboxylic acids is 2. The smallest absolute Gasteiger partial charge is 0.444 e. The number of ether oxygens (including phenoxy) is 3. The number of amides is 2. The minimum atomic E-state index is -4.89. The zero-order valence-electron chi connectivity index (χ0n) is 31.2. The zero-order chi connectivity index (χ0) is 39.0. The van der Waals surface area contributed by atoms with E-state index in [1.54, 1.807) is 82.6 Å². The molecule has 1 saturated heterocycles. The van der Waals surface area contributed by atoms with E-state index < -0.39 is 41.6 Å². The highest BCUT2D eigenvalue weighted by Crippen LogP contribution is 2.42. The SMILES string of the molecule is CC(C)(C)OC(=O)N1CC[C@H](CNc2cc(N(Cc3ccc(-c4ncccc4OC(F)(F)F)cc3)C(=O)OC(C)(C)C)n3ncc(C4CC4)c3n2)[C@@H](O)C1. The molecule has 1 saturated carbocycles. The molecular formula is C38H46F3N7O6. The topological polar surface area (TPSA) is 144 Å². The summed E-state index contributed by atoms with van der Waals surface area (Å²) in [6.07, 6.45) is -1.15. The molecule has 2 N–H and O–H groups in total. The molecule has 6 rings (SSSR count). The summed E-state index contributed by atoms with van der Waals surface area (Å²) < 4.78 is 56.4. The minimum absolute atomic E-state index is 0.0155. The predicted molar refractivity (Wildman–Crippen MR) is 194 cm³/mol. The monoisotopic (exact) mass is 753 g/mol. The Morgan fingerprint density at radius 2 is 1.70 bits per heavy atom. The molecule has 13 nitrogen and oxygen atoms in total. The van der Waals surface area contributed by atoms with Gasteiger partial charge in [0.05, 0.1) is 25.4 Å². The van der Waals surface area contributed by atoms with Crippen LogP contribution in [0.5, 0.6) is 5.75 Å². The Morgan fingerprint density at radius 1 is 1.00 bits per heavy atom. The van der Waals surface area contributed by atoms with Crippen LogP contribution in [-0.4, -0.2) is 85.1 Å². The number of nitrogens with one attached hydrogen (secondary N) is 1. The molecule has 4 heterocycles. The number of aliphatic hydroxyl groups excluding tert-OH is 1. The minimum Gasteiger partial charge on any atom is -0.444 e. The van der Waals surface area contributed by atoms with Crippen molar-refractivity contribution in [1.29, 1.82) is 0 Å². The van der Waals surface area contributed by atoms with Crippen LogP contribution in [0.25, 0.3) is 16.9 Å². The van der Waals surface area contributed by atoms with Crippen molar-refractivity contribution >= 4 is 29.5 Å². The van der Waals surface area contributed by atoms with E-state index in [2.05, 4.69) is 20.1 Å². The Hall–Kier alpha value is -5.12. The molecule has 0 unspecified atom stereocenters. The second-order valence-electron chi connectivity index (χ2n) is 15.7. The van der Waals surface area contributed by atoms with E-state index in [1.807, 2.05) is 0 Å². The second kappa shape index (κ2) is 15.0. The molecule has 290 valence electrons. The number of hydrogen-bond acceptors (Lipinski definition) is 10. The Morgan fingerprint density at radius 3 is 2.33 bits per heavy atom. The molecular weight excluding hydrogens is 707 g/mol. The third kappa shape index (κ3) is 9.70. The van der Waals surface area contributed by atoms with Gasteiger partial charge in [-0.2, -0.15) is 9.61 Å². The van der Waals surface area contributed by atoms with Crippen molar-refractivity contribution in [1.82, 2.24) is 24.5 Å². The summed E-state index contributed by atoms with van der Waals surface area (Å²) >= 11 is 0. The van der Waals surface area contributed by atoms with Gasteiger partial charge in [-0.25, -0.2) is 14.6 Å². The third-order valence-corrected chi connectivity index (χ3v) is 8.87. The zero-order valence-corrected chi connectivity index (χ0v) is 31.2. The highest BCUT2D eigenvalue weighted by Gasteiger charge is 2.35. The number of hydrogen-bond donors (Lipinski definition) is 2. The highest BCUT2D eigenvalue weighted by atomic mass is 19.4. The highest BCUT2D eigenvalue weighted by molar-refractivity contribution is 5.88. The van der Waals surface area contributed by atoms with Gasteiger partial charge in [-0.3, -0.25) is 9.88 Å². The molecule has 54 heavy (non-hydrogen) atoms. The van der Waals surface area contributed by atoms with E-state index in [0.717, 1.165) is 18.4 Å². The molecule has 2 fully saturated rings. The average molecular weight is 754 g/mol. The molecule has 16 heteroatoms. The summed E-state index contributed by atoms with van der Waals surface area (Å²) in [7, 11) is 0. The van der Waals surface area contributed by atoms with Crippen LogP contribution in [0.2, 0.25) is 0 Å². The lowest BCUT2D eigenvalue weighted by Crippen LogP contribution is -2.49. The van der Waals surface area contributed by atoms with E-state index in [9.17, 15) is 27.9 Å². The van der Waals surface area contributed by atoms with Gasteiger partial charge in [0.1, 0.15) is 28.5 Å². The third-order valence-electron chi connectivity index (χ3n) is 8.87. The Labute approximate surface area is 311 Å². The average Bonchev–Trinajstić information content (AvgIpc) is 3.83. The van der Waals surface area contributed by atoms with Crippen LogP contribution in [0.3, 0.4) is 0 Å². The van der Waals surface area contributed by atoms with Crippen molar-refractivity contribution in [2.45, 2.75) is 96.9 Å². The fourth-order valence-corrected chi connectivity index (χ4v) is 6.20. The summed E-state index contributed by atoms with van der Waals surface area (Å²) in [5.41, 5.74) is 1.09. The van der Waals surface area contributed by atoms with Gasteiger partial charge in [-0.15, -0.1) is 13.2 Å². The normalized spacial score (nSPS) is 18.0. The van der Waals surface area contributed by atoms with Crippen molar-refractivity contribution < 1.29 is 42.1 Å². The molecule has 2 amide bonds. The van der Waals surface area contributed by atoms with Gasteiger partial charge in [0, 0.05) is 42.4 Å². The molecule has 1 aliphatic carbocycles. The Bertz CT molecular complexity index is 1970. The number of benzene rings is 1. The maximum absolute atomic E-state index is 14.0. The van der Waals surface area contributed by atoms with E-state index in [0.29, 0.717) is 47.9 Å². The number of aliphatic hydroxyl groups is 1. The van der Waals surface area contributed by atoms with Crippen LogP contribution in [0.4, 0.5) is 34.4 Å². The molecule has 1 aliphatic heterocycles. The van der Waals surface area contributed by atoms with Gasteiger partial charge in [-0.05, 0) is 84.4 Å². The first-order valence-electron chi connectivity index (χ1n) is 17.9. The fourth-order valence-electron chi connectivity index (χ4n) is 6.20. The van der Waals surface area contributed by atoms with Gasteiger partial charge < -0.3 is 29.5 Å². The lowest BCUT2D eigenvalue weighted by atomic mass is 9.94. The van der Waals surface area contributed by atoms with Crippen LogP contribution in [-0.2, 0) is 16.0 Å². The Kier molecular flexibility index (Phi) is 10.7. The number of piperidine rings is 1. The van der Waals surface area contributed by atoms with Crippen LogP contribution in [0, 0.1) is 5.92 Å². The molecule has 0 radical (unpaired) electrons. The number of pyridine rings is 1. The first kappa shape index (κ1) is 38.6. The van der Waals surface area contributed by atoms with Gasteiger partial charge in [0.25, 0.3) is 0 Å². The summed E-state index contributed by atoms with van der Waals surface area (Å²) in [4.78, 5) is 38.6. The summed E-state index contributed by atoms with van der Waals surface area (Å²) in [6.45, 7) is 11.6. The maximum Gasteiger partial charge on any atom is 0.573 e. The number of nitrogens with zero attached hydrogens (tertiary/aromatic N) is 6. The number of likely N-dealkylation sites (tertiary alicyclic amines) is 1. The summed E-state index contributed by atoms with van der Waals surface area (Å²) in [6, 6.07) is 10.9. The molecule has 2 aliphatic rings. The van der Waals surface area contributed by atoms with Crippen LogP contribution in [0.1, 0.15) is 77.8 Å². The second-order valence-corrected chi connectivity index (χ2v) is 15.7. The van der Waals surface area contributed by atoms with Crippen molar-refractivity contribution in [2.24, 2.45) is 5.92 Å². The van der Waals surface area contributed by atoms with Crippen LogP contribution < -0.4 is 15.0 Å². The number of alkyl halides is 3. The van der Waals surface area contributed by atoms with Gasteiger partial charge >= 0.3 is 18.5 Å². The number of rotatable bonds is 9. The first-order valence-corrected chi connectivity index (χ1v) is 17.9. The molecule has 3 aromatic heterocycles. The Balaban J connectivity index is 1.28. The van der Waals surface area contributed by atoms with E-state index in [1.165, 1.54) is 28.1 Å². The largest absolute Gasteiger partial charge is 0.573 e. The molecule has 0 bridgehead atoms. The maximum atomic E-state index is 14.0. The first-order chi connectivity index (χ1) is 25.3. The van der Waals surface area contributed by atoms with Crippen molar-refractivity contribution in [3.63, 3.8) is 0 Å². The summed E-state index contributed by atoms with van der Waals surface area (Å²) in [5.74, 6) is 0.493. The number of β-amino-alcohol motifs (C(OH)–C–C–N with tert-alkyl or cyclic N) is 1. The van der Waals surface area contributed by atoms with Crippen LogP contribution in [0.15, 0.2) is 54.9 Å². The number of anilines is 2. The van der Waals surface area contributed by atoms with Gasteiger partial charge in [0.15, 0.2) is 11.4 Å². The standard InChI is InChI=1S/C38H46F3N7O6/c1-36(2,3)53-34(50)46-17-15-26(28(49)22-46)19-43-30-18-31(48-33(45-30)27(20-44-48)24-13-14-24)47(35(51)54-37(4,5)6)21-23-9-11-25(12-10-23)32-29(8-7-16-42-32)52-38(39,40)41/h7-12,16,18,20,24,26,28,49H,13-15,17,19,21-22H2,1-6H3,(H,43,45)/t26-,28+/m1/s1. The van der Waals surface area contributed by atoms with Gasteiger partial charge in [0.2, 0.25) is 0 Å². The van der Waals surface area contributed by atoms with Crippen molar-refractivity contribution in [3.05, 3.63) is 66.0 Å². The lowest BCUT2D eigenvalue weighted by Gasteiger charge is -2.36. The fraction of sp³-hybridized carbons (Fsp3) is 0.500. The van der Waals surface area contributed by atoms with E-state index in [-0.39, 0.29) is 30.6 Å². The van der Waals surface area contributed by atoms with Crippen molar-refractivity contribution in [2.75, 3.05) is 29.9 Å². The number of halogens is 3. The molecule has 2 atom stereocenters. The number of aromatic nitrogens is 4. The van der Waals surface area contributed by atoms with Crippen molar-refractivity contribution in [3.8, 4) is 17.0 Å². The number of carbonyl (C=O) groups is 2. The molecule has 1 aromatic carbocycles. The molecule has 4 aromatic rings. The predicted octanol–water partition coefficient (Wildman–Crippen LogP) is 7.54. The van der Waals surface area contributed by atoms with E-state index >= 15 is 0 Å². The lowest BCUT2D eigenvalue weighted by molar-refractivity contribution is -0.274. The van der Waals surface area contributed by atoms with Crippen LogP contribution >= 0.6 is 0 Å². The van der Waals surface area contributed by atoms with E-state index in [4.69, 9.17) is 14.5 Å².